The fourth-order valence-electron chi connectivity index (χ4n) is 5.41. The van der Waals surface area contributed by atoms with Crippen LogP contribution >= 0.6 is 0 Å². The molecule has 0 unspecified atom stereocenters. The van der Waals surface area contributed by atoms with Crippen molar-refractivity contribution in [3.63, 3.8) is 0 Å². The third kappa shape index (κ3) is 2.65. The minimum atomic E-state index is -0.905. The van der Waals surface area contributed by atoms with Crippen LogP contribution in [0.4, 0.5) is 0 Å². The van der Waals surface area contributed by atoms with Gasteiger partial charge in [0, 0.05) is 0 Å². The third-order valence-corrected chi connectivity index (χ3v) is 9.46. The summed E-state index contributed by atoms with van der Waals surface area (Å²) in [5, 5.41) is 5.64. The van der Waals surface area contributed by atoms with E-state index in [0.29, 0.717) is 28.5 Å². The molecule has 34 heavy (non-hydrogen) atoms. The van der Waals surface area contributed by atoms with E-state index in [1.165, 1.54) is 4.46 Å². The van der Waals surface area contributed by atoms with Gasteiger partial charge in [-0.05, 0) is 0 Å². The first-order valence-electron chi connectivity index (χ1n) is 11.3. The molecule has 2 N–H and O–H groups in total. The van der Waals surface area contributed by atoms with Crippen molar-refractivity contribution in [3.05, 3.63) is 106 Å². The summed E-state index contributed by atoms with van der Waals surface area (Å²) in [7, 11) is 0. The zero-order chi connectivity index (χ0) is 22.9. The molecular formula is C27H20N4O2Se. The van der Waals surface area contributed by atoms with Crippen LogP contribution in [0, 0.1) is 0 Å². The van der Waals surface area contributed by atoms with Crippen molar-refractivity contribution in [1.82, 2.24) is 19.9 Å². The number of hydrogen-bond acceptors (Lipinski definition) is 3. The Kier molecular flexibility index (Phi) is 4.16. The van der Waals surface area contributed by atoms with Crippen LogP contribution in [0.15, 0.2) is 83.7 Å². The number of nitrogens with zero attached hydrogens (tertiary/aromatic N) is 2. The Bertz CT molecular complexity index is 1670. The van der Waals surface area contributed by atoms with E-state index in [2.05, 4.69) is 34.6 Å². The summed E-state index contributed by atoms with van der Waals surface area (Å²) in [6.07, 6.45) is 0.457. The number of fused-ring (bicyclic) bond motifs is 3. The molecule has 8 rings (SSSR count). The molecule has 5 heterocycles. The average molecular weight is 511 g/mol. The molecule has 2 bridgehead atoms. The number of para-hydroxylation sites is 2. The summed E-state index contributed by atoms with van der Waals surface area (Å²) >= 11 is 0.0362. The Labute approximate surface area is 201 Å². The molecule has 3 aliphatic heterocycles. The van der Waals surface area contributed by atoms with Gasteiger partial charge in [-0.25, -0.2) is 0 Å². The van der Waals surface area contributed by atoms with Gasteiger partial charge in [-0.2, -0.15) is 0 Å². The summed E-state index contributed by atoms with van der Waals surface area (Å²) in [4.78, 5) is 36.0. The summed E-state index contributed by atoms with van der Waals surface area (Å²) in [5.74, 6) is 0.508. The van der Waals surface area contributed by atoms with Crippen molar-refractivity contribution >= 4 is 47.1 Å². The molecule has 0 saturated carbocycles. The van der Waals surface area contributed by atoms with Gasteiger partial charge in [-0.3, -0.25) is 0 Å². The second-order valence-electron chi connectivity index (χ2n) is 8.87. The number of amides is 1. The Morgan fingerprint density at radius 1 is 0.941 bits per heavy atom. The predicted octanol–water partition coefficient (Wildman–Crippen LogP) is 2.80. The van der Waals surface area contributed by atoms with Crippen LogP contribution < -0.4 is 15.3 Å². The normalized spacial score (nSPS) is 20.7. The van der Waals surface area contributed by atoms with E-state index in [9.17, 15) is 9.59 Å². The Balaban J connectivity index is 1.56. The number of aromatic nitrogens is 3. The first-order chi connectivity index (χ1) is 16.7. The van der Waals surface area contributed by atoms with Crippen LogP contribution in [-0.2, 0) is 16.8 Å². The van der Waals surface area contributed by atoms with E-state index in [1.807, 2.05) is 48.5 Å². The van der Waals surface area contributed by atoms with Crippen LogP contribution in [0.25, 0.3) is 21.8 Å². The zero-order valence-electron chi connectivity index (χ0n) is 18.1. The fraction of sp³-hybridized carbons (Fsp3) is 0.148. The van der Waals surface area contributed by atoms with Crippen LogP contribution in [0.2, 0.25) is 5.32 Å². The molecule has 0 radical (unpaired) electrons. The van der Waals surface area contributed by atoms with Crippen LogP contribution in [-0.4, -0.2) is 35.4 Å². The summed E-state index contributed by atoms with van der Waals surface area (Å²) in [5.41, 5.74) is 2.69. The molecule has 166 valence electrons. The van der Waals surface area contributed by atoms with E-state index in [-0.39, 0.29) is 26.4 Å². The van der Waals surface area contributed by atoms with E-state index >= 15 is 0 Å². The van der Waals surface area contributed by atoms with E-state index in [1.54, 1.807) is 10.6 Å². The minimum absolute atomic E-state index is 0.0362. The molecule has 7 heteroatoms. The molecule has 0 aliphatic carbocycles. The van der Waals surface area contributed by atoms with Gasteiger partial charge in [-0.15, -0.1) is 0 Å². The summed E-state index contributed by atoms with van der Waals surface area (Å²) in [6.45, 7) is 0. The van der Waals surface area contributed by atoms with Gasteiger partial charge in [0.1, 0.15) is 0 Å². The van der Waals surface area contributed by atoms with Crippen molar-refractivity contribution in [3.8, 4) is 0 Å². The number of H-pyrrole nitrogens is 1. The number of hydrogen-bond donors (Lipinski definition) is 2. The molecule has 0 saturated heterocycles. The predicted molar refractivity (Wildman–Crippen MR) is 133 cm³/mol. The summed E-state index contributed by atoms with van der Waals surface area (Å²) in [6, 6.07) is 25.3. The van der Waals surface area contributed by atoms with Gasteiger partial charge < -0.3 is 0 Å². The van der Waals surface area contributed by atoms with Crippen molar-refractivity contribution < 1.29 is 4.79 Å². The molecule has 1 amide bonds. The molecule has 3 aliphatic rings. The molecule has 2 atom stereocenters. The molecule has 0 fully saturated rings. The van der Waals surface area contributed by atoms with Gasteiger partial charge in [0.2, 0.25) is 0 Å². The monoisotopic (exact) mass is 512 g/mol. The van der Waals surface area contributed by atoms with Gasteiger partial charge in [0.05, 0.1) is 0 Å². The molecule has 3 aromatic carbocycles. The van der Waals surface area contributed by atoms with Gasteiger partial charge in [0.25, 0.3) is 0 Å². The summed E-state index contributed by atoms with van der Waals surface area (Å²) < 4.78 is 2.91. The standard InChI is InChI=1S/C27H20N4O2Se/c32-24-22-14-19-17-10-4-6-12-20(17)28-23(19)27(30-24,15-34-16-8-2-1-3-9-16)26-29-21-13-7-5-11-18(21)25(33)31(22)26/h1-13,22,28H,14-15H2,(H,30,32)/t22-,27-/m0/s1. The zero-order valence-corrected chi connectivity index (χ0v) is 19.8. The Morgan fingerprint density at radius 3 is 2.53 bits per heavy atom. The quantitative estimate of drug-likeness (QED) is 0.366. The van der Waals surface area contributed by atoms with E-state index in [4.69, 9.17) is 4.98 Å². The number of carbonyl (C=O) groups excluding carboxylic acids is 1. The maximum absolute atomic E-state index is 13.8. The van der Waals surface area contributed by atoms with Crippen molar-refractivity contribution in [2.45, 2.75) is 23.3 Å². The molecular weight excluding hydrogens is 491 g/mol. The first-order valence-corrected chi connectivity index (χ1v) is 13.3. The SMILES string of the molecule is O=C1N[C@@]2(C[Se]c3ccccc3)c3[nH]c4ccccc4c3C[C@@H]1n1c2nc2ccccc2c1=O. The van der Waals surface area contributed by atoms with Gasteiger partial charge in [-0.1, -0.05) is 0 Å². The number of aromatic amines is 1. The second-order valence-corrected chi connectivity index (χ2v) is 11.1. The van der Waals surface area contributed by atoms with E-state index < -0.39 is 11.6 Å². The number of carbonyl (C=O) groups is 1. The van der Waals surface area contributed by atoms with Gasteiger partial charge >= 0.3 is 201 Å². The number of nitrogens with one attached hydrogen (secondary N) is 2. The van der Waals surface area contributed by atoms with Crippen molar-refractivity contribution in [2.75, 3.05) is 0 Å². The van der Waals surface area contributed by atoms with Gasteiger partial charge in [0.15, 0.2) is 0 Å². The first kappa shape index (κ1) is 19.8. The van der Waals surface area contributed by atoms with Crippen LogP contribution in [0.3, 0.4) is 0 Å². The maximum atomic E-state index is 13.8. The second kappa shape index (κ2) is 7.16. The Morgan fingerprint density at radius 2 is 1.68 bits per heavy atom. The number of rotatable bonds is 3. The van der Waals surface area contributed by atoms with E-state index in [0.717, 1.165) is 22.2 Å². The van der Waals surface area contributed by atoms with Crippen molar-refractivity contribution in [1.29, 1.82) is 0 Å². The molecule has 0 spiro atoms. The molecule has 5 aromatic rings. The van der Waals surface area contributed by atoms with Crippen LogP contribution in [0.1, 0.15) is 23.1 Å². The van der Waals surface area contributed by atoms with Crippen LogP contribution in [0.5, 0.6) is 0 Å². The molecule has 6 nitrogen and oxygen atoms in total. The molecule has 2 aromatic heterocycles. The average Bonchev–Trinajstić information content (AvgIpc) is 3.14. The Hall–Kier alpha value is -3.67. The fourth-order valence-corrected chi connectivity index (χ4v) is 7.67. The topological polar surface area (TPSA) is 79.8 Å². The van der Waals surface area contributed by atoms with Crippen molar-refractivity contribution in [2.24, 2.45) is 0 Å². The third-order valence-electron chi connectivity index (χ3n) is 6.98. The number of benzene rings is 3.